The highest BCUT2D eigenvalue weighted by Gasteiger charge is 2.23. The van der Waals surface area contributed by atoms with Gasteiger partial charge in [0.15, 0.2) is 5.65 Å². The Bertz CT molecular complexity index is 837. The second-order valence-electron chi connectivity index (χ2n) is 5.71. The molecule has 0 N–H and O–H groups in total. The van der Waals surface area contributed by atoms with E-state index in [-0.39, 0.29) is 6.04 Å². The molecule has 0 amide bonds. The van der Waals surface area contributed by atoms with Gasteiger partial charge in [0.2, 0.25) is 0 Å². The minimum atomic E-state index is 0.0210. The lowest BCUT2D eigenvalue weighted by Crippen LogP contribution is -2.09. The molecule has 0 bridgehead atoms. The van der Waals surface area contributed by atoms with Crippen LogP contribution in [0.4, 0.5) is 0 Å². The first-order valence-electron chi connectivity index (χ1n) is 7.20. The first-order chi connectivity index (χ1) is 10.6. The summed E-state index contributed by atoms with van der Waals surface area (Å²) < 4.78 is 4.53. The maximum Gasteiger partial charge on any atom is 0.164 e. The molecule has 1 aliphatic rings. The Labute approximate surface area is 140 Å². The third kappa shape index (κ3) is 2.42. The largest absolute Gasteiger partial charge is 0.272 e. The molecule has 0 spiro atoms. The highest BCUT2D eigenvalue weighted by atomic mass is 79.9. The molecule has 0 saturated heterocycles. The third-order valence-corrected chi connectivity index (χ3v) is 4.89. The van der Waals surface area contributed by atoms with Gasteiger partial charge in [-0.15, -0.1) is 0 Å². The Hall–Kier alpha value is -1.47. The average Bonchev–Trinajstić information content (AvgIpc) is 3.06. The van der Waals surface area contributed by atoms with Gasteiger partial charge in [0.05, 0.1) is 17.6 Å². The summed E-state index contributed by atoms with van der Waals surface area (Å²) in [6, 6.07) is 0.0210. The standard InChI is InChI=1S/C14H14BrClN6/c1-8(10-4-19-21(6-10)5-9-2-3-9)22-14-11(12(15)20-22)13(16)17-7-18-14/h4,6-9H,2-3,5H2,1H3. The molecule has 1 atom stereocenters. The van der Waals surface area contributed by atoms with E-state index in [9.17, 15) is 0 Å². The van der Waals surface area contributed by atoms with Crippen LogP contribution in [0.1, 0.15) is 31.4 Å². The molecule has 1 fully saturated rings. The van der Waals surface area contributed by atoms with E-state index in [4.69, 9.17) is 11.6 Å². The van der Waals surface area contributed by atoms with Crippen LogP contribution in [0.25, 0.3) is 11.0 Å². The van der Waals surface area contributed by atoms with E-state index in [1.807, 2.05) is 15.6 Å². The van der Waals surface area contributed by atoms with Crippen LogP contribution in [0.5, 0.6) is 0 Å². The summed E-state index contributed by atoms with van der Waals surface area (Å²) in [7, 11) is 0. The fourth-order valence-electron chi connectivity index (χ4n) is 2.57. The summed E-state index contributed by atoms with van der Waals surface area (Å²) in [5.41, 5.74) is 1.82. The first kappa shape index (κ1) is 14.1. The van der Waals surface area contributed by atoms with Crippen molar-refractivity contribution in [1.29, 1.82) is 0 Å². The lowest BCUT2D eigenvalue weighted by molar-refractivity contribution is 0.555. The predicted molar refractivity (Wildman–Crippen MR) is 86.8 cm³/mol. The lowest BCUT2D eigenvalue weighted by atomic mass is 10.2. The van der Waals surface area contributed by atoms with E-state index < -0.39 is 0 Å². The maximum absolute atomic E-state index is 6.14. The van der Waals surface area contributed by atoms with Crippen molar-refractivity contribution >= 4 is 38.6 Å². The summed E-state index contributed by atoms with van der Waals surface area (Å²) >= 11 is 9.58. The van der Waals surface area contributed by atoms with Crippen molar-refractivity contribution in [2.75, 3.05) is 0 Å². The zero-order valence-corrected chi connectivity index (χ0v) is 14.3. The lowest BCUT2D eigenvalue weighted by Gasteiger charge is -2.10. The Morgan fingerprint density at radius 1 is 1.41 bits per heavy atom. The Morgan fingerprint density at radius 2 is 2.23 bits per heavy atom. The normalized spacial score (nSPS) is 16.3. The van der Waals surface area contributed by atoms with E-state index in [1.54, 1.807) is 0 Å². The molecule has 3 aromatic heterocycles. The third-order valence-electron chi connectivity index (χ3n) is 4.04. The van der Waals surface area contributed by atoms with Gasteiger partial charge in [0, 0.05) is 18.3 Å². The van der Waals surface area contributed by atoms with Gasteiger partial charge in [-0.25, -0.2) is 14.6 Å². The van der Waals surface area contributed by atoms with Gasteiger partial charge < -0.3 is 0 Å². The second-order valence-corrected chi connectivity index (χ2v) is 6.82. The maximum atomic E-state index is 6.14. The van der Waals surface area contributed by atoms with E-state index in [1.165, 1.54) is 19.2 Å². The molecule has 8 heteroatoms. The van der Waals surface area contributed by atoms with Crippen LogP contribution in [0, 0.1) is 5.92 Å². The first-order valence-corrected chi connectivity index (χ1v) is 8.37. The van der Waals surface area contributed by atoms with E-state index >= 15 is 0 Å². The fraction of sp³-hybridized carbons (Fsp3) is 0.429. The highest BCUT2D eigenvalue weighted by molar-refractivity contribution is 9.10. The highest BCUT2D eigenvalue weighted by Crippen LogP contribution is 2.32. The van der Waals surface area contributed by atoms with E-state index in [0.29, 0.717) is 15.4 Å². The van der Waals surface area contributed by atoms with Crippen LogP contribution < -0.4 is 0 Å². The van der Waals surface area contributed by atoms with Gasteiger partial charge in [-0.05, 0) is 41.6 Å². The number of halogens is 2. The smallest absolute Gasteiger partial charge is 0.164 e. The molecule has 0 radical (unpaired) electrons. The molecule has 1 unspecified atom stereocenters. The fourth-order valence-corrected chi connectivity index (χ4v) is 3.44. The molecule has 22 heavy (non-hydrogen) atoms. The molecular formula is C14H14BrClN6. The van der Waals surface area contributed by atoms with Crippen molar-refractivity contribution in [2.24, 2.45) is 5.92 Å². The molecule has 1 saturated carbocycles. The summed E-state index contributed by atoms with van der Waals surface area (Å²) in [6.45, 7) is 3.08. The number of nitrogens with zero attached hydrogens (tertiary/aromatic N) is 6. The van der Waals surface area contributed by atoms with Crippen molar-refractivity contribution in [3.63, 3.8) is 0 Å². The summed E-state index contributed by atoms with van der Waals surface area (Å²) in [5.74, 6) is 0.800. The van der Waals surface area contributed by atoms with Crippen LogP contribution in [0.15, 0.2) is 23.3 Å². The number of hydrogen-bond acceptors (Lipinski definition) is 4. The molecule has 3 aromatic rings. The molecule has 3 heterocycles. The monoisotopic (exact) mass is 380 g/mol. The van der Waals surface area contributed by atoms with Crippen molar-refractivity contribution in [2.45, 2.75) is 32.4 Å². The average molecular weight is 382 g/mol. The van der Waals surface area contributed by atoms with Crippen LogP contribution >= 0.6 is 27.5 Å². The van der Waals surface area contributed by atoms with E-state index in [2.05, 4.69) is 49.2 Å². The van der Waals surface area contributed by atoms with Gasteiger partial charge in [0.25, 0.3) is 0 Å². The Morgan fingerprint density at radius 3 is 3.00 bits per heavy atom. The zero-order valence-electron chi connectivity index (χ0n) is 11.9. The van der Waals surface area contributed by atoms with Crippen molar-refractivity contribution < 1.29 is 0 Å². The quantitative estimate of drug-likeness (QED) is 0.649. The summed E-state index contributed by atoms with van der Waals surface area (Å²) in [6.07, 6.45) is 8.08. The van der Waals surface area contributed by atoms with Gasteiger partial charge in [-0.2, -0.15) is 10.2 Å². The van der Waals surface area contributed by atoms with Gasteiger partial charge >= 0.3 is 0 Å². The summed E-state index contributed by atoms with van der Waals surface area (Å²) in [5, 5.41) is 10.1. The van der Waals surface area contributed by atoms with Crippen molar-refractivity contribution in [3.05, 3.63) is 34.0 Å². The minimum Gasteiger partial charge on any atom is -0.272 e. The molecule has 0 aromatic carbocycles. The number of aromatic nitrogens is 6. The zero-order chi connectivity index (χ0) is 15.3. The predicted octanol–water partition coefficient (Wildman–Crippen LogP) is 3.46. The number of fused-ring (bicyclic) bond motifs is 1. The minimum absolute atomic E-state index is 0.0210. The Balaban J connectivity index is 1.71. The topological polar surface area (TPSA) is 61.4 Å². The summed E-state index contributed by atoms with van der Waals surface area (Å²) in [4.78, 5) is 8.33. The molecule has 1 aliphatic carbocycles. The Kier molecular flexibility index (Phi) is 3.41. The van der Waals surface area contributed by atoms with Crippen molar-refractivity contribution in [3.8, 4) is 0 Å². The van der Waals surface area contributed by atoms with Crippen LogP contribution in [-0.2, 0) is 6.54 Å². The molecule has 6 nitrogen and oxygen atoms in total. The van der Waals surface area contributed by atoms with Gasteiger partial charge in [-0.1, -0.05) is 11.6 Å². The van der Waals surface area contributed by atoms with Crippen LogP contribution in [0.2, 0.25) is 5.15 Å². The van der Waals surface area contributed by atoms with Crippen molar-refractivity contribution in [1.82, 2.24) is 29.5 Å². The second kappa shape index (κ2) is 5.31. The SMILES string of the molecule is CC(c1cnn(CC2CC2)c1)n1nc(Br)c2c(Cl)ncnc21. The molecule has 114 valence electrons. The molecule has 4 rings (SSSR count). The number of rotatable bonds is 4. The van der Waals surface area contributed by atoms with Gasteiger partial charge in [0.1, 0.15) is 16.1 Å². The molecular weight excluding hydrogens is 368 g/mol. The van der Waals surface area contributed by atoms with Crippen LogP contribution in [0.3, 0.4) is 0 Å². The van der Waals surface area contributed by atoms with E-state index in [0.717, 1.165) is 23.4 Å². The number of hydrogen-bond donors (Lipinski definition) is 0. The molecule has 0 aliphatic heterocycles. The van der Waals surface area contributed by atoms with Gasteiger partial charge in [-0.3, -0.25) is 4.68 Å². The van der Waals surface area contributed by atoms with Crippen LogP contribution in [-0.4, -0.2) is 29.5 Å².